The number of hydrogen-bond acceptors (Lipinski definition) is 3. The maximum Gasteiger partial charge on any atom is 0.229 e. The quantitative estimate of drug-likeness (QED) is 0.697. The molecule has 1 N–H and O–H groups in total. The minimum absolute atomic E-state index is 0.0895. The van der Waals surface area contributed by atoms with E-state index in [2.05, 4.69) is 5.92 Å². The maximum absolute atomic E-state index is 11.3. The van der Waals surface area contributed by atoms with Gasteiger partial charge in [0.1, 0.15) is 6.26 Å². The number of hydrogen-bond donors (Lipinski definition) is 1. The largest absolute Gasteiger partial charge is 0.502 e. The summed E-state index contributed by atoms with van der Waals surface area (Å²) in [5, 5.41) is 9.06. The van der Waals surface area contributed by atoms with Crippen molar-refractivity contribution < 1.29 is 9.52 Å². The van der Waals surface area contributed by atoms with Crippen molar-refractivity contribution >= 4 is 0 Å². The van der Waals surface area contributed by atoms with E-state index >= 15 is 0 Å². The van der Waals surface area contributed by atoms with E-state index in [4.69, 9.17) is 15.9 Å². The highest BCUT2D eigenvalue weighted by atomic mass is 16.3. The van der Waals surface area contributed by atoms with Crippen LogP contribution in [0.15, 0.2) is 21.7 Å². The van der Waals surface area contributed by atoms with Gasteiger partial charge in [-0.2, -0.15) is 0 Å². The van der Waals surface area contributed by atoms with Crippen LogP contribution in [0.25, 0.3) is 0 Å². The minimum atomic E-state index is -0.408. The van der Waals surface area contributed by atoms with Crippen molar-refractivity contribution in [1.82, 2.24) is 0 Å². The first-order valence-corrected chi connectivity index (χ1v) is 3.89. The van der Waals surface area contributed by atoms with Crippen LogP contribution >= 0.6 is 0 Å². The molecule has 0 bridgehead atoms. The van der Waals surface area contributed by atoms with Crippen LogP contribution < -0.4 is 5.43 Å². The van der Waals surface area contributed by atoms with Crippen LogP contribution in [0.1, 0.15) is 24.8 Å². The third kappa shape index (κ3) is 1.91. The van der Waals surface area contributed by atoms with Crippen LogP contribution in [-0.4, -0.2) is 5.11 Å². The van der Waals surface area contributed by atoms with Crippen molar-refractivity contribution in [2.45, 2.75) is 19.3 Å². The second-order valence-corrected chi connectivity index (χ2v) is 2.85. The van der Waals surface area contributed by atoms with Crippen molar-refractivity contribution in [3.8, 4) is 18.1 Å². The lowest BCUT2D eigenvalue weighted by molar-refractivity contribution is 0.423. The van der Waals surface area contributed by atoms with Gasteiger partial charge in [0, 0.05) is 12.0 Å². The van der Waals surface area contributed by atoms with Crippen LogP contribution in [0.5, 0.6) is 5.75 Å². The summed E-state index contributed by atoms with van der Waals surface area (Å²) in [4.78, 5) is 11.3. The molecule has 1 aromatic heterocycles. The predicted octanol–water partition coefficient (Wildman–Crippen LogP) is 1.47. The molecule has 3 heteroatoms. The Labute approximate surface area is 76.0 Å². The molecule has 0 spiro atoms. The molecule has 0 aliphatic heterocycles. The third-order valence-corrected chi connectivity index (χ3v) is 1.82. The fraction of sp³-hybridized carbons (Fsp3) is 0.300. The van der Waals surface area contributed by atoms with E-state index in [1.165, 1.54) is 6.26 Å². The lowest BCUT2D eigenvalue weighted by atomic mass is 10.0. The molecule has 1 rings (SSSR count). The summed E-state index contributed by atoms with van der Waals surface area (Å²) in [6.45, 7) is 1.81. The van der Waals surface area contributed by atoms with E-state index in [0.717, 1.165) is 6.26 Å². The SMILES string of the molecule is C#CC[C@H](C)c1cocc(O)c1=O. The molecule has 0 aliphatic rings. The van der Waals surface area contributed by atoms with Crippen LogP contribution in [0, 0.1) is 12.3 Å². The Balaban J connectivity index is 3.10. The fourth-order valence-electron chi connectivity index (χ4n) is 1.05. The lowest BCUT2D eigenvalue weighted by Gasteiger charge is -2.05. The molecule has 68 valence electrons. The van der Waals surface area contributed by atoms with Gasteiger partial charge >= 0.3 is 0 Å². The molecule has 1 aromatic rings. The maximum atomic E-state index is 11.3. The zero-order chi connectivity index (χ0) is 9.84. The fourth-order valence-corrected chi connectivity index (χ4v) is 1.05. The Hall–Kier alpha value is -1.69. The van der Waals surface area contributed by atoms with E-state index in [9.17, 15) is 4.79 Å². The third-order valence-electron chi connectivity index (χ3n) is 1.82. The molecule has 0 saturated carbocycles. The van der Waals surface area contributed by atoms with Gasteiger partial charge in [0.25, 0.3) is 0 Å². The zero-order valence-corrected chi connectivity index (χ0v) is 7.28. The van der Waals surface area contributed by atoms with Gasteiger partial charge in [0.15, 0.2) is 5.75 Å². The van der Waals surface area contributed by atoms with E-state index < -0.39 is 5.43 Å². The summed E-state index contributed by atoms with van der Waals surface area (Å²) in [6.07, 6.45) is 7.89. The van der Waals surface area contributed by atoms with Crippen LogP contribution in [0.4, 0.5) is 0 Å². The normalized spacial score (nSPS) is 12.0. The predicted molar refractivity (Wildman–Crippen MR) is 48.5 cm³/mol. The average Bonchev–Trinajstić information content (AvgIpc) is 2.10. The number of rotatable bonds is 2. The first-order valence-electron chi connectivity index (χ1n) is 3.89. The van der Waals surface area contributed by atoms with Gasteiger partial charge in [-0.15, -0.1) is 12.3 Å². The summed E-state index contributed by atoms with van der Waals surface area (Å²) in [5.41, 5.74) is 0.00644. The van der Waals surface area contributed by atoms with Crippen LogP contribution in [0.3, 0.4) is 0 Å². The molecular weight excluding hydrogens is 168 g/mol. The van der Waals surface area contributed by atoms with E-state index in [0.29, 0.717) is 12.0 Å². The average molecular weight is 178 g/mol. The molecule has 0 unspecified atom stereocenters. The van der Waals surface area contributed by atoms with Crippen molar-refractivity contribution in [1.29, 1.82) is 0 Å². The molecule has 0 fully saturated rings. The molecule has 0 radical (unpaired) electrons. The molecule has 1 atom stereocenters. The molecule has 13 heavy (non-hydrogen) atoms. The van der Waals surface area contributed by atoms with Gasteiger partial charge < -0.3 is 9.52 Å². The smallest absolute Gasteiger partial charge is 0.229 e. The van der Waals surface area contributed by atoms with E-state index in [1.807, 2.05) is 6.92 Å². The van der Waals surface area contributed by atoms with Crippen molar-refractivity contribution in [3.05, 3.63) is 28.3 Å². The van der Waals surface area contributed by atoms with Crippen LogP contribution in [-0.2, 0) is 0 Å². The first-order chi connectivity index (χ1) is 6.16. The molecule has 0 amide bonds. The Morgan fingerprint density at radius 2 is 2.38 bits per heavy atom. The number of terminal acetylenes is 1. The van der Waals surface area contributed by atoms with Crippen LogP contribution in [0.2, 0.25) is 0 Å². The standard InChI is InChI=1S/C10H10O3/c1-3-4-7(2)8-5-13-6-9(11)10(8)12/h1,5-7,11H,4H2,2H3/t7-/m0/s1. The summed E-state index contributed by atoms with van der Waals surface area (Å²) < 4.78 is 4.77. The summed E-state index contributed by atoms with van der Waals surface area (Å²) in [7, 11) is 0. The second-order valence-electron chi connectivity index (χ2n) is 2.85. The summed E-state index contributed by atoms with van der Waals surface area (Å²) >= 11 is 0. The van der Waals surface area contributed by atoms with Gasteiger partial charge in [-0.1, -0.05) is 6.92 Å². The van der Waals surface area contributed by atoms with Crippen molar-refractivity contribution in [2.24, 2.45) is 0 Å². The Morgan fingerprint density at radius 1 is 1.69 bits per heavy atom. The Kier molecular flexibility index (Phi) is 2.76. The Bertz CT molecular complexity index is 384. The zero-order valence-electron chi connectivity index (χ0n) is 7.28. The highest BCUT2D eigenvalue weighted by Gasteiger charge is 2.11. The molecule has 0 aromatic carbocycles. The topological polar surface area (TPSA) is 50.4 Å². The lowest BCUT2D eigenvalue weighted by Crippen LogP contribution is -2.10. The molecule has 0 aliphatic carbocycles. The molecule has 0 saturated heterocycles. The molecule has 3 nitrogen and oxygen atoms in total. The van der Waals surface area contributed by atoms with Crippen molar-refractivity contribution in [2.75, 3.05) is 0 Å². The number of aromatic hydroxyl groups is 1. The highest BCUT2D eigenvalue weighted by molar-refractivity contribution is 5.24. The van der Waals surface area contributed by atoms with Gasteiger partial charge in [-0.3, -0.25) is 4.79 Å². The van der Waals surface area contributed by atoms with Gasteiger partial charge in [-0.05, 0) is 5.92 Å². The summed E-state index contributed by atoms with van der Waals surface area (Å²) in [6, 6.07) is 0. The van der Waals surface area contributed by atoms with Crippen molar-refractivity contribution in [3.63, 3.8) is 0 Å². The highest BCUT2D eigenvalue weighted by Crippen LogP contribution is 2.16. The van der Waals surface area contributed by atoms with Gasteiger partial charge in [0.2, 0.25) is 5.43 Å². The van der Waals surface area contributed by atoms with E-state index in [-0.39, 0.29) is 11.7 Å². The van der Waals surface area contributed by atoms with Gasteiger partial charge in [-0.25, -0.2) is 0 Å². The first kappa shape index (κ1) is 9.40. The molecule has 1 heterocycles. The Morgan fingerprint density at radius 3 is 3.00 bits per heavy atom. The van der Waals surface area contributed by atoms with Gasteiger partial charge in [0.05, 0.1) is 6.26 Å². The second kappa shape index (κ2) is 3.81. The molecular formula is C10H10O3. The minimum Gasteiger partial charge on any atom is -0.502 e. The van der Waals surface area contributed by atoms with E-state index in [1.54, 1.807) is 0 Å². The summed E-state index contributed by atoms with van der Waals surface area (Å²) in [5.74, 6) is 1.99. The monoisotopic (exact) mass is 178 g/mol.